The molecule has 1 heterocycles. The van der Waals surface area contributed by atoms with Crippen LogP contribution in [0.1, 0.15) is 45.9 Å². The van der Waals surface area contributed by atoms with Crippen LogP contribution < -0.4 is 0 Å². The zero-order chi connectivity index (χ0) is 13.8. The third-order valence-corrected chi connectivity index (χ3v) is 3.66. The Bertz CT molecular complexity index is 362. The summed E-state index contributed by atoms with van der Waals surface area (Å²) in [6.07, 6.45) is 3.56. The van der Waals surface area contributed by atoms with Crippen LogP contribution >= 0.6 is 0 Å². The van der Waals surface area contributed by atoms with Crippen LogP contribution in [0.3, 0.4) is 0 Å². The monoisotopic (exact) mass is 254 g/mol. The molecule has 2 unspecified atom stereocenters. The Kier molecular flexibility index (Phi) is 5.35. The van der Waals surface area contributed by atoms with E-state index in [0.29, 0.717) is 19.1 Å². The van der Waals surface area contributed by atoms with E-state index in [4.69, 9.17) is 4.74 Å². The normalized spacial score (nSPS) is 16.8. The van der Waals surface area contributed by atoms with Crippen molar-refractivity contribution in [2.24, 2.45) is 5.92 Å². The van der Waals surface area contributed by atoms with E-state index in [0.717, 1.165) is 12.1 Å². The van der Waals surface area contributed by atoms with Gasteiger partial charge in [-0.1, -0.05) is 20.8 Å². The lowest BCUT2D eigenvalue weighted by atomic mass is 9.87. The fourth-order valence-electron chi connectivity index (χ4n) is 1.89. The molecule has 0 aromatic carbocycles. The lowest BCUT2D eigenvalue weighted by molar-refractivity contribution is -0.0644. The summed E-state index contributed by atoms with van der Waals surface area (Å²) in [5.41, 5.74) is 0.0761. The molecule has 0 aliphatic carbocycles. The van der Waals surface area contributed by atoms with Gasteiger partial charge in [-0.25, -0.2) is 0 Å². The van der Waals surface area contributed by atoms with Crippen LogP contribution in [0.4, 0.5) is 0 Å². The minimum absolute atomic E-state index is 0.131. The Morgan fingerprint density at radius 2 is 2.11 bits per heavy atom. The molecule has 0 aliphatic heterocycles. The van der Waals surface area contributed by atoms with Crippen molar-refractivity contribution >= 4 is 0 Å². The molecule has 0 bridgehead atoms. The number of hydrogen-bond acceptors (Lipinski definition) is 3. The van der Waals surface area contributed by atoms with Gasteiger partial charge < -0.3 is 9.84 Å². The number of nitrogens with zero attached hydrogens (tertiary/aromatic N) is 2. The Morgan fingerprint density at radius 3 is 2.61 bits per heavy atom. The van der Waals surface area contributed by atoms with Crippen LogP contribution in [-0.2, 0) is 11.2 Å². The fourth-order valence-corrected chi connectivity index (χ4v) is 1.89. The van der Waals surface area contributed by atoms with Crippen LogP contribution in [-0.4, -0.2) is 34.2 Å². The second-order valence-corrected chi connectivity index (χ2v) is 5.41. The second kappa shape index (κ2) is 6.34. The highest BCUT2D eigenvalue weighted by Gasteiger charge is 2.32. The highest BCUT2D eigenvalue weighted by atomic mass is 16.5. The van der Waals surface area contributed by atoms with Crippen LogP contribution in [0.5, 0.6) is 0 Å². The summed E-state index contributed by atoms with van der Waals surface area (Å²) < 4.78 is 7.09. The molecule has 4 heteroatoms. The Hall–Kier alpha value is -0.870. The highest BCUT2D eigenvalue weighted by Crippen LogP contribution is 2.22. The van der Waals surface area contributed by atoms with Gasteiger partial charge in [-0.3, -0.25) is 4.68 Å². The topological polar surface area (TPSA) is 47.3 Å². The first-order chi connectivity index (χ1) is 8.42. The molecule has 0 saturated heterocycles. The fraction of sp³-hybridized carbons (Fsp3) is 0.786. The van der Waals surface area contributed by atoms with Gasteiger partial charge >= 0.3 is 0 Å². The van der Waals surface area contributed by atoms with E-state index in [2.05, 4.69) is 18.9 Å². The third kappa shape index (κ3) is 3.56. The first-order valence-corrected chi connectivity index (χ1v) is 6.68. The smallest absolute Gasteiger partial charge is 0.0958 e. The van der Waals surface area contributed by atoms with Crippen LogP contribution in [0.15, 0.2) is 12.3 Å². The number of aliphatic hydroxyl groups is 1. The number of rotatable bonds is 7. The zero-order valence-electron chi connectivity index (χ0n) is 12.2. The Balaban J connectivity index is 2.79. The van der Waals surface area contributed by atoms with E-state index in [-0.39, 0.29) is 5.92 Å². The van der Waals surface area contributed by atoms with Gasteiger partial charge in [-0.2, -0.15) is 5.10 Å². The van der Waals surface area contributed by atoms with Gasteiger partial charge in [-0.05, 0) is 25.3 Å². The summed E-state index contributed by atoms with van der Waals surface area (Å²) in [5.74, 6) is 0.131. The molecule has 1 N–H and O–H groups in total. The molecular formula is C14H26N2O2. The first kappa shape index (κ1) is 15.2. The molecule has 2 atom stereocenters. The third-order valence-electron chi connectivity index (χ3n) is 3.66. The molecule has 104 valence electrons. The Labute approximate surface area is 110 Å². The van der Waals surface area contributed by atoms with Crippen molar-refractivity contribution in [2.45, 2.75) is 52.2 Å². The summed E-state index contributed by atoms with van der Waals surface area (Å²) in [5, 5.41) is 15.1. The van der Waals surface area contributed by atoms with E-state index in [1.54, 1.807) is 7.11 Å². The zero-order valence-corrected chi connectivity index (χ0v) is 12.2. The number of methoxy groups -OCH3 is 1. The van der Waals surface area contributed by atoms with Crippen LogP contribution in [0.2, 0.25) is 0 Å². The molecule has 1 aromatic heterocycles. The maximum Gasteiger partial charge on any atom is 0.0958 e. The van der Waals surface area contributed by atoms with Crippen molar-refractivity contribution in [3.05, 3.63) is 18.0 Å². The average molecular weight is 254 g/mol. The molecule has 0 aliphatic rings. The maximum atomic E-state index is 10.6. The summed E-state index contributed by atoms with van der Waals surface area (Å²) in [6, 6.07) is 2.38. The van der Waals surface area contributed by atoms with Crippen molar-refractivity contribution in [3.8, 4) is 0 Å². The molecule has 4 nitrogen and oxygen atoms in total. The van der Waals surface area contributed by atoms with Gasteiger partial charge in [0.25, 0.3) is 0 Å². The van der Waals surface area contributed by atoms with Gasteiger partial charge in [0, 0.05) is 25.8 Å². The van der Waals surface area contributed by atoms with E-state index in [1.165, 1.54) is 0 Å². The largest absolute Gasteiger partial charge is 0.387 e. The molecule has 0 spiro atoms. The maximum absolute atomic E-state index is 10.6. The standard InChI is InChI=1S/C14H26N2O2/c1-6-12(4)16-8-7-13(15-16)9-14(17,10-18-5)11(2)3/h7-8,11-12,17H,6,9-10H2,1-5H3. The van der Waals surface area contributed by atoms with E-state index < -0.39 is 5.60 Å². The molecule has 18 heavy (non-hydrogen) atoms. The quantitative estimate of drug-likeness (QED) is 0.813. The van der Waals surface area contributed by atoms with Gasteiger partial charge in [0.15, 0.2) is 0 Å². The molecule has 0 amide bonds. The highest BCUT2D eigenvalue weighted by molar-refractivity contribution is 5.05. The van der Waals surface area contributed by atoms with Gasteiger partial charge in [0.2, 0.25) is 0 Å². The predicted molar refractivity (Wildman–Crippen MR) is 72.6 cm³/mol. The van der Waals surface area contributed by atoms with Crippen molar-refractivity contribution in [1.29, 1.82) is 0 Å². The second-order valence-electron chi connectivity index (χ2n) is 5.41. The minimum Gasteiger partial charge on any atom is -0.387 e. The van der Waals surface area contributed by atoms with Gasteiger partial charge in [0.05, 0.1) is 17.9 Å². The summed E-state index contributed by atoms with van der Waals surface area (Å²) in [6.45, 7) is 8.62. The molecule has 0 fully saturated rings. The first-order valence-electron chi connectivity index (χ1n) is 6.68. The molecule has 0 radical (unpaired) electrons. The Morgan fingerprint density at radius 1 is 1.44 bits per heavy atom. The number of ether oxygens (including phenoxy) is 1. The van der Waals surface area contributed by atoms with E-state index >= 15 is 0 Å². The summed E-state index contributed by atoms with van der Waals surface area (Å²) in [7, 11) is 1.62. The summed E-state index contributed by atoms with van der Waals surface area (Å²) >= 11 is 0. The number of aromatic nitrogens is 2. The SMILES string of the molecule is CCC(C)n1ccc(CC(O)(COC)C(C)C)n1. The van der Waals surface area contributed by atoms with Crippen molar-refractivity contribution in [3.63, 3.8) is 0 Å². The lowest BCUT2D eigenvalue weighted by Crippen LogP contribution is -2.42. The van der Waals surface area contributed by atoms with Crippen molar-refractivity contribution in [1.82, 2.24) is 9.78 Å². The van der Waals surface area contributed by atoms with E-state index in [9.17, 15) is 5.11 Å². The lowest BCUT2D eigenvalue weighted by Gasteiger charge is -2.30. The van der Waals surface area contributed by atoms with Gasteiger partial charge in [0.1, 0.15) is 0 Å². The molecule has 1 rings (SSSR count). The van der Waals surface area contributed by atoms with Crippen LogP contribution in [0, 0.1) is 5.92 Å². The average Bonchev–Trinajstić information content (AvgIpc) is 2.76. The van der Waals surface area contributed by atoms with Crippen LogP contribution in [0.25, 0.3) is 0 Å². The minimum atomic E-state index is -0.844. The summed E-state index contributed by atoms with van der Waals surface area (Å²) in [4.78, 5) is 0. The molecular weight excluding hydrogens is 228 g/mol. The number of hydrogen-bond donors (Lipinski definition) is 1. The van der Waals surface area contributed by atoms with Crippen molar-refractivity contribution in [2.75, 3.05) is 13.7 Å². The van der Waals surface area contributed by atoms with Crippen molar-refractivity contribution < 1.29 is 9.84 Å². The van der Waals surface area contributed by atoms with E-state index in [1.807, 2.05) is 30.8 Å². The molecule has 1 aromatic rings. The molecule has 0 saturated carbocycles. The van der Waals surface area contributed by atoms with Gasteiger partial charge in [-0.15, -0.1) is 0 Å². The predicted octanol–water partition coefficient (Wildman–Crippen LogP) is 2.43.